The quantitative estimate of drug-likeness (QED) is 0.758. The van der Waals surface area contributed by atoms with Gasteiger partial charge in [-0.3, -0.25) is 0 Å². The minimum absolute atomic E-state index is 0.0926. The van der Waals surface area contributed by atoms with Gasteiger partial charge in [0.15, 0.2) is 0 Å². The minimum Gasteiger partial charge on any atom is -0.481 e. The van der Waals surface area contributed by atoms with E-state index in [1.54, 1.807) is 7.11 Å². The topological polar surface area (TPSA) is 64.3 Å². The number of aromatic nitrogens is 2. The van der Waals surface area contributed by atoms with E-state index >= 15 is 0 Å². The second kappa shape index (κ2) is 3.34. The van der Waals surface area contributed by atoms with E-state index in [9.17, 15) is 0 Å². The maximum Gasteiger partial charge on any atom is 0.221 e. The molecule has 0 aliphatic carbocycles. The maximum atomic E-state index is 5.95. The Morgan fingerprint density at radius 3 is 2.67 bits per heavy atom. The average molecular weight is 208 g/mol. The monoisotopic (exact) mass is 208 g/mol. The van der Waals surface area contributed by atoms with Crippen molar-refractivity contribution in [2.24, 2.45) is 5.73 Å². The summed E-state index contributed by atoms with van der Waals surface area (Å²) < 4.78 is 5.15. The third-order valence-electron chi connectivity index (χ3n) is 2.61. The molecule has 0 spiro atoms. The van der Waals surface area contributed by atoms with Gasteiger partial charge in [0.05, 0.1) is 12.7 Å². The van der Waals surface area contributed by atoms with Gasteiger partial charge in [-0.1, -0.05) is 0 Å². The van der Waals surface area contributed by atoms with E-state index in [1.807, 2.05) is 13.8 Å². The van der Waals surface area contributed by atoms with E-state index in [1.165, 1.54) is 6.33 Å². The smallest absolute Gasteiger partial charge is 0.221 e. The lowest BCUT2D eigenvalue weighted by atomic mass is 9.93. The fraction of sp³-hybridized carbons (Fsp3) is 0.600. The van der Waals surface area contributed by atoms with Crippen LogP contribution in [-0.2, 0) is 0 Å². The Morgan fingerprint density at radius 2 is 2.13 bits per heavy atom. The second-order valence-corrected chi connectivity index (χ2v) is 4.34. The van der Waals surface area contributed by atoms with Crippen LogP contribution in [0.3, 0.4) is 0 Å². The SMILES string of the molecule is COc1ncnc(N2CC(C)(N)C2)c1C. The molecule has 0 atom stereocenters. The Kier molecular flexibility index (Phi) is 2.26. The van der Waals surface area contributed by atoms with Gasteiger partial charge in [-0.15, -0.1) is 0 Å². The summed E-state index contributed by atoms with van der Waals surface area (Å²) in [5.74, 6) is 1.55. The molecule has 0 saturated carbocycles. The van der Waals surface area contributed by atoms with Crippen LogP contribution in [0.5, 0.6) is 5.88 Å². The Bertz CT molecular complexity index is 370. The number of ether oxygens (including phenoxy) is 1. The standard InChI is InChI=1S/C10H16N4O/c1-7-8(12-6-13-9(7)15-3)14-4-10(2,11)5-14/h6H,4-5,11H2,1-3H3. The molecule has 5 heteroatoms. The Hall–Kier alpha value is -1.36. The average Bonchev–Trinajstić information content (AvgIpc) is 2.14. The highest BCUT2D eigenvalue weighted by atomic mass is 16.5. The first-order chi connectivity index (χ1) is 7.03. The second-order valence-electron chi connectivity index (χ2n) is 4.34. The summed E-state index contributed by atoms with van der Waals surface area (Å²) in [6.45, 7) is 5.65. The van der Waals surface area contributed by atoms with Gasteiger partial charge in [-0.05, 0) is 13.8 Å². The van der Waals surface area contributed by atoms with Crippen molar-refractivity contribution < 1.29 is 4.74 Å². The Labute approximate surface area is 89.3 Å². The fourth-order valence-electron chi connectivity index (χ4n) is 1.93. The summed E-state index contributed by atoms with van der Waals surface area (Å²) in [5.41, 5.74) is 6.83. The van der Waals surface area contributed by atoms with Crippen LogP contribution in [0.4, 0.5) is 5.82 Å². The van der Waals surface area contributed by atoms with Crippen LogP contribution < -0.4 is 15.4 Å². The van der Waals surface area contributed by atoms with E-state index in [0.717, 1.165) is 24.5 Å². The summed E-state index contributed by atoms with van der Waals surface area (Å²) in [6, 6.07) is 0. The van der Waals surface area contributed by atoms with Gasteiger partial charge in [-0.2, -0.15) is 0 Å². The molecular weight excluding hydrogens is 192 g/mol. The van der Waals surface area contributed by atoms with Crippen molar-refractivity contribution in [2.75, 3.05) is 25.1 Å². The summed E-state index contributed by atoms with van der Waals surface area (Å²) in [6.07, 6.45) is 1.52. The van der Waals surface area contributed by atoms with Crippen molar-refractivity contribution >= 4 is 5.82 Å². The van der Waals surface area contributed by atoms with Crippen molar-refractivity contribution in [3.63, 3.8) is 0 Å². The predicted molar refractivity (Wildman–Crippen MR) is 58.1 cm³/mol. The van der Waals surface area contributed by atoms with Crippen molar-refractivity contribution in [3.05, 3.63) is 11.9 Å². The largest absolute Gasteiger partial charge is 0.481 e. The molecule has 82 valence electrons. The summed E-state index contributed by atoms with van der Waals surface area (Å²) in [4.78, 5) is 10.4. The van der Waals surface area contributed by atoms with E-state index in [2.05, 4.69) is 14.9 Å². The summed E-state index contributed by atoms with van der Waals surface area (Å²) in [7, 11) is 1.61. The van der Waals surface area contributed by atoms with Crippen LogP contribution in [0, 0.1) is 6.92 Å². The number of nitrogens with two attached hydrogens (primary N) is 1. The lowest BCUT2D eigenvalue weighted by molar-refractivity contribution is 0.358. The van der Waals surface area contributed by atoms with Crippen molar-refractivity contribution in [1.82, 2.24) is 9.97 Å². The van der Waals surface area contributed by atoms with Gasteiger partial charge in [0.2, 0.25) is 5.88 Å². The predicted octanol–water partition coefficient (Wildman–Crippen LogP) is 0.331. The van der Waals surface area contributed by atoms with E-state index in [4.69, 9.17) is 10.5 Å². The molecular formula is C10H16N4O. The molecule has 1 aromatic rings. The number of anilines is 1. The molecule has 2 N–H and O–H groups in total. The van der Waals surface area contributed by atoms with Crippen molar-refractivity contribution in [1.29, 1.82) is 0 Å². The van der Waals surface area contributed by atoms with E-state index in [-0.39, 0.29) is 5.54 Å². The van der Waals surface area contributed by atoms with Crippen molar-refractivity contribution in [2.45, 2.75) is 19.4 Å². The number of hydrogen-bond donors (Lipinski definition) is 1. The number of rotatable bonds is 2. The zero-order chi connectivity index (χ0) is 11.1. The first-order valence-corrected chi connectivity index (χ1v) is 4.93. The molecule has 0 radical (unpaired) electrons. The zero-order valence-corrected chi connectivity index (χ0v) is 9.32. The third kappa shape index (κ3) is 1.74. The van der Waals surface area contributed by atoms with Gasteiger partial charge in [0.25, 0.3) is 0 Å². The molecule has 1 fully saturated rings. The first kappa shape index (κ1) is 10.2. The van der Waals surface area contributed by atoms with Gasteiger partial charge >= 0.3 is 0 Å². The molecule has 1 aromatic heterocycles. The van der Waals surface area contributed by atoms with Gasteiger partial charge in [0.1, 0.15) is 12.1 Å². The molecule has 0 aromatic carbocycles. The summed E-state index contributed by atoms with van der Waals surface area (Å²) in [5, 5.41) is 0. The molecule has 0 unspecified atom stereocenters. The first-order valence-electron chi connectivity index (χ1n) is 4.93. The van der Waals surface area contributed by atoms with Gasteiger partial charge in [0, 0.05) is 18.6 Å². The van der Waals surface area contributed by atoms with Crippen LogP contribution in [0.2, 0.25) is 0 Å². The number of nitrogens with zero attached hydrogens (tertiary/aromatic N) is 3. The lowest BCUT2D eigenvalue weighted by Crippen LogP contribution is -2.66. The number of hydrogen-bond acceptors (Lipinski definition) is 5. The molecule has 1 aliphatic rings. The normalized spacial score (nSPS) is 18.5. The Balaban J connectivity index is 2.23. The third-order valence-corrected chi connectivity index (χ3v) is 2.61. The van der Waals surface area contributed by atoms with Crippen LogP contribution in [-0.4, -0.2) is 35.7 Å². The van der Waals surface area contributed by atoms with Gasteiger partial charge < -0.3 is 15.4 Å². The van der Waals surface area contributed by atoms with Crippen LogP contribution in [0.1, 0.15) is 12.5 Å². The molecule has 2 heterocycles. The molecule has 15 heavy (non-hydrogen) atoms. The molecule has 5 nitrogen and oxygen atoms in total. The van der Waals surface area contributed by atoms with Crippen LogP contribution >= 0.6 is 0 Å². The highest BCUT2D eigenvalue weighted by molar-refractivity contribution is 5.53. The molecule has 1 saturated heterocycles. The van der Waals surface area contributed by atoms with Crippen LogP contribution in [0.25, 0.3) is 0 Å². The van der Waals surface area contributed by atoms with E-state index in [0.29, 0.717) is 5.88 Å². The van der Waals surface area contributed by atoms with Gasteiger partial charge in [-0.25, -0.2) is 9.97 Å². The van der Waals surface area contributed by atoms with E-state index < -0.39 is 0 Å². The lowest BCUT2D eigenvalue weighted by Gasteiger charge is -2.46. The molecule has 2 rings (SSSR count). The van der Waals surface area contributed by atoms with Crippen LogP contribution in [0.15, 0.2) is 6.33 Å². The molecule has 1 aliphatic heterocycles. The summed E-state index contributed by atoms with van der Waals surface area (Å²) >= 11 is 0. The molecule has 0 amide bonds. The Morgan fingerprint density at radius 1 is 1.47 bits per heavy atom. The zero-order valence-electron chi connectivity index (χ0n) is 9.32. The fourth-order valence-corrected chi connectivity index (χ4v) is 1.93. The van der Waals surface area contributed by atoms with Crippen molar-refractivity contribution in [3.8, 4) is 5.88 Å². The maximum absolute atomic E-state index is 5.95. The number of methoxy groups -OCH3 is 1. The highest BCUT2D eigenvalue weighted by Crippen LogP contribution is 2.29. The highest BCUT2D eigenvalue weighted by Gasteiger charge is 2.36. The molecule has 0 bridgehead atoms. The minimum atomic E-state index is -0.0926.